The summed E-state index contributed by atoms with van der Waals surface area (Å²) in [6.45, 7) is 3.90. The maximum Gasteiger partial charge on any atom is 0.237 e. The number of benzene rings is 3. The zero-order chi connectivity index (χ0) is 22.5. The molecule has 0 aliphatic rings. The lowest BCUT2D eigenvalue weighted by Gasteiger charge is -2.12. The number of thioether (sulfide) groups is 1. The molecule has 7 heteroatoms. The molecule has 1 amide bonds. The number of rotatable bonds is 7. The topological polar surface area (TPSA) is 69.0 Å². The van der Waals surface area contributed by atoms with E-state index in [9.17, 15) is 4.79 Å². The van der Waals surface area contributed by atoms with Gasteiger partial charge < -0.3 is 14.6 Å². The number of carbonyl (C=O) groups is 1. The molecule has 0 spiro atoms. The number of hydrogen-bond acceptors (Lipinski definition) is 5. The van der Waals surface area contributed by atoms with Crippen LogP contribution in [-0.2, 0) is 11.8 Å². The molecule has 3 aromatic carbocycles. The van der Waals surface area contributed by atoms with Crippen LogP contribution in [0.15, 0.2) is 84.0 Å². The standard InChI is InChI=1S/C25H24N4O2S/c1-17-9-7-8-12-22(17)23-27-28-25(29(23)3)32-18(2)24(30)26-19-13-15-21(16-14-19)31-20-10-5-4-6-11-20/h4-16,18H,1-3H3,(H,26,30). The van der Waals surface area contributed by atoms with Gasteiger partial charge in [-0.1, -0.05) is 54.2 Å². The number of carbonyl (C=O) groups excluding carboxylic acids is 1. The zero-order valence-corrected chi connectivity index (χ0v) is 19.0. The predicted molar refractivity (Wildman–Crippen MR) is 128 cm³/mol. The van der Waals surface area contributed by atoms with E-state index in [1.807, 2.05) is 104 Å². The van der Waals surface area contributed by atoms with Crippen molar-refractivity contribution in [3.05, 3.63) is 84.4 Å². The van der Waals surface area contributed by atoms with Crippen molar-refractivity contribution < 1.29 is 9.53 Å². The maximum absolute atomic E-state index is 12.7. The Labute approximate surface area is 191 Å². The molecule has 0 aliphatic heterocycles. The second-order valence-electron chi connectivity index (χ2n) is 7.37. The largest absolute Gasteiger partial charge is 0.457 e. The highest BCUT2D eigenvalue weighted by molar-refractivity contribution is 8.00. The maximum atomic E-state index is 12.7. The number of anilines is 1. The number of amides is 1. The Kier molecular flexibility index (Phi) is 6.56. The summed E-state index contributed by atoms with van der Waals surface area (Å²) in [6.07, 6.45) is 0. The Balaban J connectivity index is 1.38. The lowest BCUT2D eigenvalue weighted by Crippen LogP contribution is -2.22. The average molecular weight is 445 g/mol. The van der Waals surface area contributed by atoms with Gasteiger partial charge in [0, 0.05) is 18.3 Å². The van der Waals surface area contributed by atoms with Crippen LogP contribution in [0.2, 0.25) is 0 Å². The van der Waals surface area contributed by atoms with E-state index in [4.69, 9.17) is 4.74 Å². The third kappa shape index (κ3) is 5.00. The van der Waals surface area contributed by atoms with E-state index in [0.29, 0.717) is 16.6 Å². The molecule has 1 aromatic heterocycles. The number of hydrogen-bond donors (Lipinski definition) is 1. The van der Waals surface area contributed by atoms with Crippen molar-refractivity contribution in [2.75, 3.05) is 5.32 Å². The highest BCUT2D eigenvalue weighted by atomic mass is 32.2. The molecule has 6 nitrogen and oxygen atoms in total. The predicted octanol–water partition coefficient (Wildman–Crippen LogP) is 5.70. The Morgan fingerprint density at radius 1 is 0.938 bits per heavy atom. The van der Waals surface area contributed by atoms with E-state index in [2.05, 4.69) is 15.5 Å². The number of para-hydroxylation sites is 1. The van der Waals surface area contributed by atoms with E-state index >= 15 is 0 Å². The van der Waals surface area contributed by atoms with Crippen molar-refractivity contribution in [3.8, 4) is 22.9 Å². The summed E-state index contributed by atoms with van der Waals surface area (Å²) in [7, 11) is 1.92. The molecule has 162 valence electrons. The first-order valence-corrected chi connectivity index (χ1v) is 11.1. The van der Waals surface area contributed by atoms with Gasteiger partial charge in [0.1, 0.15) is 11.5 Å². The highest BCUT2D eigenvalue weighted by Crippen LogP contribution is 2.28. The minimum absolute atomic E-state index is 0.104. The van der Waals surface area contributed by atoms with Gasteiger partial charge in [0.2, 0.25) is 5.91 Å². The average Bonchev–Trinajstić information content (AvgIpc) is 3.16. The molecule has 0 saturated heterocycles. The van der Waals surface area contributed by atoms with Crippen LogP contribution in [0.4, 0.5) is 5.69 Å². The van der Waals surface area contributed by atoms with Crippen LogP contribution in [0.25, 0.3) is 11.4 Å². The van der Waals surface area contributed by atoms with Crippen LogP contribution in [0.1, 0.15) is 12.5 Å². The Morgan fingerprint density at radius 3 is 2.31 bits per heavy atom. The number of ether oxygens (including phenoxy) is 1. The first-order chi connectivity index (χ1) is 15.5. The third-order valence-electron chi connectivity index (χ3n) is 4.97. The fourth-order valence-electron chi connectivity index (χ4n) is 3.16. The minimum atomic E-state index is -0.345. The van der Waals surface area contributed by atoms with Gasteiger partial charge in [-0.25, -0.2) is 0 Å². The Morgan fingerprint density at radius 2 is 1.59 bits per heavy atom. The van der Waals surface area contributed by atoms with E-state index in [-0.39, 0.29) is 11.2 Å². The third-order valence-corrected chi connectivity index (χ3v) is 6.11. The smallest absolute Gasteiger partial charge is 0.237 e. The molecular formula is C25H24N4O2S. The van der Waals surface area contributed by atoms with Gasteiger partial charge in [-0.2, -0.15) is 0 Å². The Bertz CT molecular complexity index is 1210. The SMILES string of the molecule is Cc1ccccc1-c1nnc(SC(C)C(=O)Nc2ccc(Oc3ccccc3)cc2)n1C. The zero-order valence-electron chi connectivity index (χ0n) is 18.1. The summed E-state index contributed by atoms with van der Waals surface area (Å²) in [5.41, 5.74) is 2.87. The van der Waals surface area contributed by atoms with Crippen molar-refractivity contribution >= 4 is 23.4 Å². The summed E-state index contributed by atoms with van der Waals surface area (Å²) in [6, 6.07) is 24.9. The lowest BCUT2D eigenvalue weighted by atomic mass is 10.1. The van der Waals surface area contributed by atoms with Gasteiger partial charge in [0.15, 0.2) is 11.0 Å². The molecule has 1 N–H and O–H groups in total. The van der Waals surface area contributed by atoms with Gasteiger partial charge in [0.05, 0.1) is 5.25 Å². The number of nitrogens with one attached hydrogen (secondary N) is 1. The summed E-state index contributed by atoms with van der Waals surface area (Å²) in [4.78, 5) is 12.7. The Hall–Kier alpha value is -3.58. The molecule has 1 heterocycles. The molecule has 0 saturated carbocycles. The monoisotopic (exact) mass is 444 g/mol. The van der Waals surface area contributed by atoms with Crippen LogP contribution in [0, 0.1) is 6.92 Å². The van der Waals surface area contributed by atoms with Gasteiger partial charge >= 0.3 is 0 Å². The fraction of sp³-hybridized carbons (Fsp3) is 0.160. The molecule has 1 atom stereocenters. The lowest BCUT2D eigenvalue weighted by molar-refractivity contribution is -0.115. The second-order valence-corrected chi connectivity index (χ2v) is 8.68. The van der Waals surface area contributed by atoms with Crippen molar-refractivity contribution in [1.29, 1.82) is 0 Å². The van der Waals surface area contributed by atoms with Gasteiger partial charge in [0.25, 0.3) is 0 Å². The normalized spacial score (nSPS) is 11.7. The molecule has 1 unspecified atom stereocenters. The number of nitrogens with zero attached hydrogens (tertiary/aromatic N) is 3. The van der Waals surface area contributed by atoms with E-state index in [0.717, 1.165) is 22.7 Å². The summed E-state index contributed by atoms with van der Waals surface area (Å²) < 4.78 is 7.71. The van der Waals surface area contributed by atoms with Crippen molar-refractivity contribution in [2.24, 2.45) is 7.05 Å². The van der Waals surface area contributed by atoms with Crippen LogP contribution in [0.5, 0.6) is 11.5 Å². The molecule has 0 bridgehead atoms. The first kappa shape index (κ1) is 21.6. The quantitative estimate of drug-likeness (QED) is 0.370. The number of aryl methyl sites for hydroxylation is 1. The van der Waals surface area contributed by atoms with Crippen LogP contribution < -0.4 is 10.1 Å². The van der Waals surface area contributed by atoms with Crippen molar-refractivity contribution in [1.82, 2.24) is 14.8 Å². The molecular weight excluding hydrogens is 420 g/mol. The van der Waals surface area contributed by atoms with E-state index in [1.165, 1.54) is 11.8 Å². The van der Waals surface area contributed by atoms with Crippen molar-refractivity contribution in [3.63, 3.8) is 0 Å². The van der Waals surface area contributed by atoms with Gasteiger partial charge in [-0.3, -0.25) is 4.79 Å². The van der Waals surface area contributed by atoms with Gasteiger partial charge in [-0.15, -0.1) is 10.2 Å². The molecule has 32 heavy (non-hydrogen) atoms. The van der Waals surface area contributed by atoms with E-state index in [1.54, 1.807) is 0 Å². The van der Waals surface area contributed by atoms with Gasteiger partial charge in [-0.05, 0) is 55.8 Å². The minimum Gasteiger partial charge on any atom is -0.457 e. The highest BCUT2D eigenvalue weighted by Gasteiger charge is 2.20. The van der Waals surface area contributed by atoms with Crippen LogP contribution in [-0.4, -0.2) is 25.9 Å². The molecule has 0 aliphatic carbocycles. The number of aromatic nitrogens is 3. The summed E-state index contributed by atoms with van der Waals surface area (Å²) in [5.74, 6) is 2.15. The molecule has 4 rings (SSSR count). The van der Waals surface area contributed by atoms with Crippen molar-refractivity contribution in [2.45, 2.75) is 24.3 Å². The fourth-order valence-corrected chi connectivity index (χ4v) is 3.98. The molecule has 0 radical (unpaired) electrons. The summed E-state index contributed by atoms with van der Waals surface area (Å²) >= 11 is 1.38. The second kappa shape index (κ2) is 9.70. The van der Waals surface area contributed by atoms with Crippen LogP contribution >= 0.6 is 11.8 Å². The first-order valence-electron chi connectivity index (χ1n) is 10.3. The molecule has 0 fully saturated rings. The van der Waals surface area contributed by atoms with Crippen LogP contribution in [0.3, 0.4) is 0 Å². The van der Waals surface area contributed by atoms with E-state index < -0.39 is 0 Å². The summed E-state index contributed by atoms with van der Waals surface area (Å²) in [5, 5.41) is 11.9. The molecule has 4 aromatic rings.